The Morgan fingerprint density at radius 3 is 3.00 bits per heavy atom. The van der Waals surface area contributed by atoms with Crippen molar-refractivity contribution in [2.45, 2.75) is 13.0 Å². The summed E-state index contributed by atoms with van der Waals surface area (Å²) in [7, 11) is 0. The Bertz CT molecular complexity index is 218. The number of carbonyl (C=O) groups is 1. The van der Waals surface area contributed by atoms with Gasteiger partial charge < -0.3 is 5.73 Å². The molecule has 1 rings (SSSR count). The summed E-state index contributed by atoms with van der Waals surface area (Å²) in [5, 5.41) is 1.70. The Labute approximate surface area is 62.9 Å². The molecule has 0 radical (unpaired) electrons. The van der Waals surface area contributed by atoms with Gasteiger partial charge >= 0.3 is 0 Å². The van der Waals surface area contributed by atoms with Gasteiger partial charge in [0.1, 0.15) is 5.69 Å². The Kier molecular flexibility index (Phi) is 2.13. The van der Waals surface area contributed by atoms with E-state index in [1.165, 1.54) is 11.3 Å². The molecule has 0 aliphatic rings. The highest BCUT2D eigenvalue weighted by molar-refractivity contribution is 7.07. The highest BCUT2D eigenvalue weighted by Crippen LogP contribution is 2.02. The second kappa shape index (κ2) is 2.90. The molecule has 0 bridgehead atoms. The summed E-state index contributed by atoms with van der Waals surface area (Å²) < 4.78 is 0. The first-order valence-corrected chi connectivity index (χ1v) is 3.84. The quantitative estimate of drug-likeness (QED) is 0.640. The molecule has 3 nitrogen and oxygen atoms in total. The standard InChI is InChI=1S/C6H8N2OS/c1-4(7)6(9)5-2-10-3-8-5/h2-4H,7H2,1H3. The third-order valence-corrected chi connectivity index (χ3v) is 1.68. The topological polar surface area (TPSA) is 56.0 Å². The lowest BCUT2D eigenvalue weighted by atomic mass is 10.2. The molecular formula is C6H8N2OS. The lowest BCUT2D eigenvalue weighted by molar-refractivity contribution is 0.0964. The molecule has 0 aliphatic carbocycles. The molecule has 0 saturated carbocycles. The predicted octanol–water partition coefficient (Wildman–Crippen LogP) is 0.673. The molecule has 0 aromatic carbocycles. The number of aromatic nitrogens is 1. The molecule has 4 heteroatoms. The van der Waals surface area contributed by atoms with Gasteiger partial charge in [-0.1, -0.05) is 0 Å². The minimum Gasteiger partial charge on any atom is -0.321 e. The number of ketones is 1. The van der Waals surface area contributed by atoms with Crippen molar-refractivity contribution in [1.29, 1.82) is 0 Å². The molecule has 1 atom stereocenters. The van der Waals surface area contributed by atoms with Crippen LogP contribution in [0.1, 0.15) is 17.4 Å². The maximum absolute atomic E-state index is 11.0. The zero-order valence-corrected chi connectivity index (χ0v) is 6.39. The molecule has 10 heavy (non-hydrogen) atoms. The van der Waals surface area contributed by atoms with Crippen molar-refractivity contribution in [3.63, 3.8) is 0 Å². The van der Waals surface area contributed by atoms with Gasteiger partial charge in [-0.25, -0.2) is 4.98 Å². The summed E-state index contributed by atoms with van der Waals surface area (Å²) in [6.45, 7) is 1.65. The second-order valence-electron chi connectivity index (χ2n) is 2.03. The number of hydrogen-bond acceptors (Lipinski definition) is 4. The number of Topliss-reactive ketones (excluding diaryl/α,β-unsaturated/α-hetero) is 1. The van der Waals surface area contributed by atoms with E-state index in [4.69, 9.17) is 5.73 Å². The Hall–Kier alpha value is -0.740. The van der Waals surface area contributed by atoms with Crippen molar-refractivity contribution >= 4 is 17.1 Å². The summed E-state index contributed by atoms with van der Waals surface area (Å²) in [6.07, 6.45) is 0. The van der Waals surface area contributed by atoms with Crippen LogP contribution in [-0.2, 0) is 0 Å². The molecule has 0 spiro atoms. The molecule has 0 amide bonds. The van der Waals surface area contributed by atoms with E-state index in [1.54, 1.807) is 17.8 Å². The minimum absolute atomic E-state index is 0.0961. The van der Waals surface area contributed by atoms with Gasteiger partial charge in [-0.05, 0) is 6.92 Å². The van der Waals surface area contributed by atoms with Gasteiger partial charge in [0.25, 0.3) is 0 Å². The van der Waals surface area contributed by atoms with E-state index in [9.17, 15) is 4.79 Å². The van der Waals surface area contributed by atoms with E-state index in [0.717, 1.165) is 0 Å². The van der Waals surface area contributed by atoms with Gasteiger partial charge in [0, 0.05) is 5.38 Å². The van der Waals surface area contributed by atoms with Crippen molar-refractivity contribution in [3.05, 3.63) is 16.6 Å². The van der Waals surface area contributed by atoms with Crippen LogP contribution in [-0.4, -0.2) is 16.8 Å². The molecule has 54 valence electrons. The largest absolute Gasteiger partial charge is 0.321 e. The lowest BCUT2D eigenvalue weighted by Crippen LogP contribution is -2.26. The zero-order valence-electron chi connectivity index (χ0n) is 5.57. The van der Waals surface area contributed by atoms with Crippen LogP contribution >= 0.6 is 11.3 Å². The molecule has 0 aliphatic heterocycles. The normalized spacial score (nSPS) is 13.0. The number of nitrogens with zero attached hydrogens (tertiary/aromatic N) is 1. The summed E-state index contributed by atoms with van der Waals surface area (Å²) in [6, 6.07) is -0.443. The highest BCUT2D eigenvalue weighted by Gasteiger charge is 2.11. The van der Waals surface area contributed by atoms with E-state index in [2.05, 4.69) is 4.98 Å². The second-order valence-corrected chi connectivity index (χ2v) is 2.75. The summed E-state index contributed by atoms with van der Waals surface area (Å²) in [5.74, 6) is -0.0961. The van der Waals surface area contributed by atoms with Gasteiger partial charge in [0.15, 0.2) is 5.78 Å². The number of thiazole rings is 1. The van der Waals surface area contributed by atoms with Crippen LogP contribution in [0.3, 0.4) is 0 Å². The van der Waals surface area contributed by atoms with Crippen LogP contribution in [0.4, 0.5) is 0 Å². The number of hydrogen-bond donors (Lipinski definition) is 1. The predicted molar refractivity (Wildman–Crippen MR) is 40.1 cm³/mol. The maximum Gasteiger partial charge on any atom is 0.198 e. The smallest absolute Gasteiger partial charge is 0.198 e. The Morgan fingerprint density at radius 2 is 2.60 bits per heavy atom. The first-order chi connectivity index (χ1) is 4.72. The van der Waals surface area contributed by atoms with E-state index < -0.39 is 6.04 Å². The minimum atomic E-state index is -0.443. The fourth-order valence-corrected chi connectivity index (χ4v) is 1.11. The molecule has 0 saturated heterocycles. The third kappa shape index (κ3) is 1.40. The third-order valence-electron chi connectivity index (χ3n) is 1.10. The average Bonchev–Trinajstić information content (AvgIpc) is 2.36. The molecule has 0 fully saturated rings. The SMILES string of the molecule is CC(N)C(=O)c1cscn1. The summed E-state index contributed by atoms with van der Waals surface area (Å²) >= 11 is 1.40. The Balaban J connectivity index is 2.78. The van der Waals surface area contributed by atoms with Crippen LogP contribution in [0.25, 0.3) is 0 Å². The van der Waals surface area contributed by atoms with Crippen LogP contribution in [0.15, 0.2) is 10.9 Å². The number of carbonyl (C=O) groups excluding carboxylic acids is 1. The van der Waals surface area contributed by atoms with E-state index in [0.29, 0.717) is 5.69 Å². The van der Waals surface area contributed by atoms with Crippen LogP contribution in [0, 0.1) is 0 Å². The zero-order chi connectivity index (χ0) is 7.56. The number of nitrogens with two attached hydrogens (primary N) is 1. The summed E-state index contributed by atoms with van der Waals surface area (Å²) in [4.78, 5) is 14.9. The maximum atomic E-state index is 11.0. The average molecular weight is 156 g/mol. The van der Waals surface area contributed by atoms with Crippen molar-refractivity contribution in [2.24, 2.45) is 5.73 Å². The molecule has 1 aromatic heterocycles. The molecule has 1 aromatic rings. The van der Waals surface area contributed by atoms with Crippen molar-refractivity contribution in [3.8, 4) is 0 Å². The van der Waals surface area contributed by atoms with Crippen molar-refractivity contribution in [2.75, 3.05) is 0 Å². The van der Waals surface area contributed by atoms with Crippen LogP contribution < -0.4 is 5.73 Å². The summed E-state index contributed by atoms with van der Waals surface area (Å²) in [5.41, 5.74) is 7.44. The first-order valence-electron chi connectivity index (χ1n) is 2.90. The van der Waals surface area contributed by atoms with Crippen LogP contribution in [0.2, 0.25) is 0 Å². The van der Waals surface area contributed by atoms with Gasteiger partial charge in [-0.3, -0.25) is 4.79 Å². The van der Waals surface area contributed by atoms with Gasteiger partial charge in [0.2, 0.25) is 0 Å². The van der Waals surface area contributed by atoms with E-state index >= 15 is 0 Å². The van der Waals surface area contributed by atoms with E-state index in [-0.39, 0.29) is 5.78 Å². The first kappa shape index (κ1) is 7.37. The fraction of sp³-hybridized carbons (Fsp3) is 0.333. The van der Waals surface area contributed by atoms with Crippen molar-refractivity contribution in [1.82, 2.24) is 4.98 Å². The van der Waals surface area contributed by atoms with Gasteiger partial charge in [0.05, 0.1) is 11.6 Å². The molecule has 1 heterocycles. The number of rotatable bonds is 2. The lowest BCUT2D eigenvalue weighted by Gasteiger charge is -1.97. The highest BCUT2D eigenvalue weighted by atomic mass is 32.1. The Morgan fingerprint density at radius 1 is 1.90 bits per heavy atom. The van der Waals surface area contributed by atoms with E-state index in [1.807, 2.05) is 0 Å². The molecule has 1 unspecified atom stereocenters. The molecule has 2 N–H and O–H groups in total. The van der Waals surface area contributed by atoms with Crippen molar-refractivity contribution < 1.29 is 4.79 Å². The van der Waals surface area contributed by atoms with Gasteiger partial charge in [-0.15, -0.1) is 11.3 Å². The molecular weight excluding hydrogens is 148 g/mol. The van der Waals surface area contributed by atoms with Crippen LogP contribution in [0.5, 0.6) is 0 Å². The van der Waals surface area contributed by atoms with Gasteiger partial charge in [-0.2, -0.15) is 0 Å². The fourth-order valence-electron chi connectivity index (χ4n) is 0.567. The monoisotopic (exact) mass is 156 g/mol.